The fraction of sp³-hybridized carbons (Fsp3) is 0.300. The summed E-state index contributed by atoms with van der Waals surface area (Å²) in [7, 11) is 0. The topological polar surface area (TPSA) is 63.3 Å². The van der Waals surface area contributed by atoms with Crippen molar-refractivity contribution in [1.82, 2.24) is 0 Å². The van der Waals surface area contributed by atoms with Crippen LogP contribution in [0.5, 0.6) is 0 Å². The molecule has 1 aromatic rings. The Balaban J connectivity index is 3.20. The van der Waals surface area contributed by atoms with Crippen molar-refractivity contribution in [2.45, 2.75) is 17.8 Å². The predicted molar refractivity (Wildman–Crippen MR) is 55.3 cm³/mol. The highest BCUT2D eigenvalue weighted by Crippen LogP contribution is 2.32. The van der Waals surface area contributed by atoms with Crippen molar-refractivity contribution < 1.29 is 9.90 Å². The quantitative estimate of drug-likeness (QED) is 0.749. The lowest BCUT2D eigenvalue weighted by atomic mass is 9.92. The molecule has 1 rings (SSSR count). The maximum Gasteiger partial charge on any atom is 0.330 e. The molecule has 14 heavy (non-hydrogen) atoms. The lowest BCUT2D eigenvalue weighted by Crippen LogP contribution is -2.45. The van der Waals surface area contributed by atoms with Crippen molar-refractivity contribution in [3.63, 3.8) is 0 Å². The van der Waals surface area contributed by atoms with Crippen LogP contribution in [0.4, 0.5) is 0 Å². The second-order valence-corrected chi connectivity index (χ2v) is 3.77. The summed E-state index contributed by atoms with van der Waals surface area (Å²) in [4.78, 5) is 9.51. The van der Waals surface area contributed by atoms with Crippen LogP contribution < -0.4 is 5.73 Å². The summed E-state index contributed by atoms with van der Waals surface area (Å²) in [6.45, 7) is 1.58. The van der Waals surface area contributed by atoms with E-state index >= 15 is 0 Å². The highest BCUT2D eigenvalue weighted by atomic mass is 35.5. The Kier molecular flexibility index (Phi) is 3.13. The zero-order valence-electron chi connectivity index (χ0n) is 7.77. The molecule has 76 valence electrons. The smallest absolute Gasteiger partial charge is 0.330 e. The van der Waals surface area contributed by atoms with Crippen molar-refractivity contribution in [1.29, 1.82) is 0 Å². The molecule has 0 fully saturated rings. The summed E-state index contributed by atoms with van der Waals surface area (Å²) in [6, 6.07) is 7.91. The molecule has 3 N–H and O–H groups in total. The Bertz CT molecular complexity index is 326. The van der Waals surface area contributed by atoms with Gasteiger partial charge in [0.05, 0.1) is 0 Å². The van der Waals surface area contributed by atoms with Gasteiger partial charge in [-0.1, -0.05) is 41.9 Å². The van der Waals surface area contributed by atoms with Crippen LogP contribution in [-0.2, 0) is 9.67 Å². The Morgan fingerprint density at radius 1 is 1.50 bits per heavy atom. The molecule has 0 aliphatic carbocycles. The third-order valence-electron chi connectivity index (χ3n) is 2.13. The largest absolute Gasteiger partial charge is 0.480 e. The van der Waals surface area contributed by atoms with Crippen molar-refractivity contribution in [3.8, 4) is 0 Å². The van der Waals surface area contributed by atoms with Gasteiger partial charge < -0.3 is 10.8 Å². The first kappa shape index (κ1) is 11.0. The van der Waals surface area contributed by atoms with Crippen molar-refractivity contribution >= 4 is 17.6 Å². The minimum absolute atomic E-state index is 0.504. The maximum atomic E-state index is 11.1. The lowest BCUT2D eigenvalue weighted by Gasteiger charge is -2.26. The molecule has 1 aromatic carbocycles. The van der Waals surface area contributed by atoms with Gasteiger partial charge in [0, 0.05) is 6.04 Å². The molecule has 3 nitrogen and oxygen atoms in total. The Hall–Kier alpha value is -1.06. The summed E-state index contributed by atoms with van der Waals surface area (Å²) in [5, 5.41) is 9.04. The van der Waals surface area contributed by atoms with E-state index in [-0.39, 0.29) is 0 Å². The maximum absolute atomic E-state index is 11.1. The zero-order chi connectivity index (χ0) is 10.8. The molecule has 0 saturated heterocycles. The third-order valence-corrected chi connectivity index (χ3v) is 2.86. The number of hydrogen-bond donors (Lipinski definition) is 2. The van der Waals surface area contributed by atoms with Gasteiger partial charge in [0.15, 0.2) is 4.87 Å². The number of carboxylic acid groups (broad SMARTS) is 1. The molecule has 0 radical (unpaired) electrons. The Morgan fingerprint density at radius 2 is 2.00 bits per heavy atom. The fourth-order valence-electron chi connectivity index (χ4n) is 1.26. The molecule has 0 bridgehead atoms. The number of benzene rings is 1. The minimum Gasteiger partial charge on any atom is -0.480 e. The number of hydrogen-bond acceptors (Lipinski definition) is 2. The van der Waals surface area contributed by atoms with E-state index < -0.39 is 16.9 Å². The van der Waals surface area contributed by atoms with Crippen LogP contribution in [0.25, 0.3) is 0 Å². The van der Waals surface area contributed by atoms with E-state index in [1.54, 1.807) is 37.3 Å². The number of alkyl halides is 1. The molecule has 4 heteroatoms. The minimum atomic E-state index is -1.54. The van der Waals surface area contributed by atoms with E-state index in [1.807, 2.05) is 0 Å². The van der Waals surface area contributed by atoms with E-state index in [2.05, 4.69) is 0 Å². The van der Waals surface area contributed by atoms with Crippen LogP contribution in [0.15, 0.2) is 30.3 Å². The van der Waals surface area contributed by atoms with Gasteiger partial charge in [0.25, 0.3) is 0 Å². The van der Waals surface area contributed by atoms with Gasteiger partial charge in [0.2, 0.25) is 0 Å². The molecule has 2 atom stereocenters. The number of rotatable bonds is 3. The van der Waals surface area contributed by atoms with Gasteiger partial charge >= 0.3 is 5.97 Å². The van der Waals surface area contributed by atoms with E-state index in [4.69, 9.17) is 22.4 Å². The fourth-order valence-corrected chi connectivity index (χ4v) is 1.39. The van der Waals surface area contributed by atoms with Crippen molar-refractivity contribution in [3.05, 3.63) is 35.9 Å². The second kappa shape index (κ2) is 3.98. The lowest BCUT2D eigenvalue weighted by molar-refractivity contribution is -0.141. The molecule has 0 aliphatic heterocycles. The number of carbonyl (C=O) groups is 1. The van der Waals surface area contributed by atoms with Gasteiger partial charge in [-0.15, -0.1) is 0 Å². The summed E-state index contributed by atoms with van der Waals surface area (Å²) in [5.74, 6) is -1.12. The average Bonchev–Trinajstić information content (AvgIpc) is 2.17. The molecule has 0 saturated carbocycles. The first-order chi connectivity index (χ1) is 6.49. The number of aliphatic carboxylic acids is 1. The SMILES string of the molecule is CC(N)C(Cl)(C(=O)O)c1ccccc1. The highest BCUT2D eigenvalue weighted by molar-refractivity contribution is 6.34. The molecule has 0 aliphatic rings. The highest BCUT2D eigenvalue weighted by Gasteiger charge is 2.41. The van der Waals surface area contributed by atoms with E-state index in [0.717, 1.165) is 0 Å². The summed E-state index contributed by atoms with van der Waals surface area (Å²) < 4.78 is 0. The first-order valence-corrected chi connectivity index (χ1v) is 4.60. The summed E-state index contributed by atoms with van der Waals surface area (Å²) >= 11 is 6.01. The monoisotopic (exact) mass is 213 g/mol. The van der Waals surface area contributed by atoms with Crippen LogP contribution in [0.3, 0.4) is 0 Å². The molecule has 0 spiro atoms. The standard InChI is InChI=1S/C10H12ClNO2/c1-7(12)10(11,9(13)14)8-5-3-2-4-6-8/h2-7H,12H2,1H3,(H,13,14). The van der Waals surface area contributed by atoms with E-state index in [1.165, 1.54) is 0 Å². The van der Waals surface area contributed by atoms with Crippen LogP contribution >= 0.6 is 11.6 Å². The molecular weight excluding hydrogens is 202 g/mol. The van der Waals surface area contributed by atoms with Gasteiger partial charge in [-0.3, -0.25) is 0 Å². The zero-order valence-corrected chi connectivity index (χ0v) is 8.53. The molecule has 0 heterocycles. The predicted octanol–water partition coefficient (Wildman–Crippen LogP) is 1.55. The average molecular weight is 214 g/mol. The van der Waals surface area contributed by atoms with E-state index in [9.17, 15) is 4.79 Å². The molecule has 0 aromatic heterocycles. The molecule has 0 amide bonds. The Morgan fingerprint density at radius 3 is 2.36 bits per heavy atom. The van der Waals surface area contributed by atoms with Crippen LogP contribution in [0.2, 0.25) is 0 Å². The van der Waals surface area contributed by atoms with Gasteiger partial charge in [-0.05, 0) is 12.5 Å². The first-order valence-electron chi connectivity index (χ1n) is 4.23. The van der Waals surface area contributed by atoms with Gasteiger partial charge in [0.1, 0.15) is 0 Å². The molecule has 2 unspecified atom stereocenters. The summed E-state index contributed by atoms with van der Waals surface area (Å²) in [6.07, 6.45) is 0. The number of carboxylic acids is 1. The van der Waals surface area contributed by atoms with Gasteiger partial charge in [-0.25, -0.2) is 4.79 Å². The number of halogens is 1. The third kappa shape index (κ3) is 1.74. The van der Waals surface area contributed by atoms with Crippen LogP contribution in [0, 0.1) is 0 Å². The summed E-state index contributed by atoms with van der Waals surface area (Å²) in [5.41, 5.74) is 6.09. The van der Waals surface area contributed by atoms with Crippen LogP contribution in [-0.4, -0.2) is 17.1 Å². The van der Waals surface area contributed by atoms with Gasteiger partial charge in [-0.2, -0.15) is 0 Å². The number of nitrogens with two attached hydrogens (primary N) is 1. The van der Waals surface area contributed by atoms with Crippen molar-refractivity contribution in [2.24, 2.45) is 5.73 Å². The van der Waals surface area contributed by atoms with Crippen LogP contribution in [0.1, 0.15) is 12.5 Å². The molecular formula is C10H12ClNO2. The van der Waals surface area contributed by atoms with E-state index in [0.29, 0.717) is 5.56 Å². The normalized spacial score (nSPS) is 17.1. The second-order valence-electron chi connectivity index (χ2n) is 3.17. The Labute approximate surface area is 87.5 Å². The van der Waals surface area contributed by atoms with Crippen molar-refractivity contribution in [2.75, 3.05) is 0 Å².